The number of benzene rings is 1. The minimum atomic E-state index is -0.512. The molecule has 0 radical (unpaired) electrons. The molecule has 0 atom stereocenters. The van der Waals surface area contributed by atoms with E-state index in [2.05, 4.69) is 6.07 Å². The van der Waals surface area contributed by atoms with Crippen LogP contribution in [0.1, 0.15) is 29.5 Å². The maximum Gasteiger partial charge on any atom is 0.128 e. The van der Waals surface area contributed by atoms with Gasteiger partial charge in [0.05, 0.1) is 11.5 Å². The normalized spacial score (nSPS) is 17.6. The second kappa shape index (κ2) is 2.81. The summed E-state index contributed by atoms with van der Waals surface area (Å²) < 4.78 is 13.7. The first kappa shape index (κ1) is 9.21. The molecule has 0 aliphatic heterocycles. The average Bonchev–Trinajstić information content (AvgIpc) is 2.83. The van der Waals surface area contributed by atoms with Crippen LogP contribution in [-0.2, 0) is 5.41 Å². The fourth-order valence-electron chi connectivity index (χ4n) is 2.06. The highest BCUT2D eigenvalue weighted by molar-refractivity contribution is 5.46. The molecule has 1 saturated carbocycles. The van der Waals surface area contributed by atoms with E-state index in [1.807, 2.05) is 19.9 Å². The second-order valence-corrected chi connectivity index (χ2v) is 4.13. The van der Waals surface area contributed by atoms with E-state index in [4.69, 9.17) is 5.26 Å². The molecule has 1 nitrogen and oxygen atoms in total. The summed E-state index contributed by atoms with van der Waals surface area (Å²) in [5.41, 5.74) is 1.92. The standard InChI is InChI=1S/C12H12FN/c1-8-5-9(2)11(10(13)6-8)12(7-14)3-4-12/h5-6H,3-4H2,1-2H3. The van der Waals surface area contributed by atoms with Gasteiger partial charge in [0, 0.05) is 5.56 Å². The van der Waals surface area contributed by atoms with Crippen LogP contribution in [0.2, 0.25) is 0 Å². The molecule has 0 saturated heterocycles. The lowest BCUT2D eigenvalue weighted by Gasteiger charge is -2.12. The van der Waals surface area contributed by atoms with E-state index in [-0.39, 0.29) is 5.82 Å². The number of aryl methyl sites for hydroxylation is 2. The van der Waals surface area contributed by atoms with Crippen molar-refractivity contribution in [3.8, 4) is 6.07 Å². The van der Waals surface area contributed by atoms with Crippen molar-refractivity contribution in [1.29, 1.82) is 5.26 Å². The van der Waals surface area contributed by atoms with Crippen LogP contribution in [0.5, 0.6) is 0 Å². The zero-order valence-corrected chi connectivity index (χ0v) is 8.39. The molecule has 0 N–H and O–H groups in total. The molecule has 1 aromatic carbocycles. The number of nitrogens with zero attached hydrogens (tertiary/aromatic N) is 1. The van der Waals surface area contributed by atoms with Gasteiger partial charge < -0.3 is 0 Å². The van der Waals surface area contributed by atoms with Crippen molar-refractivity contribution in [2.45, 2.75) is 32.1 Å². The molecular weight excluding hydrogens is 177 g/mol. The Bertz CT molecular complexity index is 401. The van der Waals surface area contributed by atoms with Gasteiger partial charge in [0.15, 0.2) is 0 Å². The number of rotatable bonds is 1. The van der Waals surface area contributed by atoms with Crippen molar-refractivity contribution in [3.05, 3.63) is 34.6 Å². The van der Waals surface area contributed by atoms with Crippen LogP contribution in [0.4, 0.5) is 4.39 Å². The third kappa shape index (κ3) is 1.21. The number of nitriles is 1. The third-order valence-corrected chi connectivity index (χ3v) is 2.87. The quantitative estimate of drug-likeness (QED) is 0.666. The second-order valence-electron chi connectivity index (χ2n) is 4.13. The summed E-state index contributed by atoms with van der Waals surface area (Å²) in [6.45, 7) is 3.74. The van der Waals surface area contributed by atoms with Gasteiger partial charge in [0.2, 0.25) is 0 Å². The Balaban J connectivity index is 2.60. The van der Waals surface area contributed by atoms with Crippen LogP contribution >= 0.6 is 0 Å². The molecule has 1 aromatic rings. The molecule has 1 aliphatic rings. The first-order chi connectivity index (χ1) is 6.59. The van der Waals surface area contributed by atoms with E-state index < -0.39 is 5.41 Å². The topological polar surface area (TPSA) is 23.8 Å². The monoisotopic (exact) mass is 189 g/mol. The first-order valence-corrected chi connectivity index (χ1v) is 4.77. The Labute approximate surface area is 83.2 Å². The average molecular weight is 189 g/mol. The van der Waals surface area contributed by atoms with E-state index in [0.29, 0.717) is 5.56 Å². The van der Waals surface area contributed by atoms with Crippen molar-refractivity contribution in [2.75, 3.05) is 0 Å². The largest absolute Gasteiger partial charge is 0.207 e. The van der Waals surface area contributed by atoms with Gasteiger partial charge in [-0.2, -0.15) is 5.26 Å². The van der Waals surface area contributed by atoms with E-state index in [0.717, 1.165) is 24.0 Å². The SMILES string of the molecule is Cc1cc(C)c(C2(C#N)CC2)c(F)c1. The zero-order valence-electron chi connectivity index (χ0n) is 8.39. The molecule has 0 bridgehead atoms. The van der Waals surface area contributed by atoms with Gasteiger partial charge in [-0.05, 0) is 43.9 Å². The Morgan fingerprint density at radius 2 is 2.00 bits per heavy atom. The Morgan fingerprint density at radius 1 is 1.36 bits per heavy atom. The van der Waals surface area contributed by atoms with Gasteiger partial charge in [-0.25, -0.2) is 4.39 Å². The molecule has 2 heteroatoms. The van der Waals surface area contributed by atoms with Gasteiger partial charge in [-0.3, -0.25) is 0 Å². The summed E-state index contributed by atoms with van der Waals surface area (Å²) in [5, 5.41) is 9.01. The minimum absolute atomic E-state index is 0.221. The summed E-state index contributed by atoms with van der Waals surface area (Å²) in [6.07, 6.45) is 1.59. The molecule has 72 valence electrons. The maximum atomic E-state index is 13.7. The van der Waals surface area contributed by atoms with Gasteiger partial charge in [-0.1, -0.05) is 6.07 Å². The molecule has 0 unspecified atom stereocenters. The summed E-state index contributed by atoms with van der Waals surface area (Å²) in [6, 6.07) is 5.68. The van der Waals surface area contributed by atoms with Crippen molar-refractivity contribution in [1.82, 2.24) is 0 Å². The van der Waals surface area contributed by atoms with E-state index in [9.17, 15) is 4.39 Å². The van der Waals surface area contributed by atoms with Crippen molar-refractivity contribution in [2.24, 2.45) is 0 Å². The fourth-order valence-corrected chi connectivity index (χ4v) is 2.06. The number of halogens is 1. The molecule has 1 aliphatic carbocycles. The van der Waals surface area contributed by atoms with Crippen LogP contribution in [0, 0.1) is 31.0 Å². The van der Waals surface area contributed by atoms with E-state index in [1.54, 1.807) is 0 Å². The van der Waals surface area contributed by atoms with Crippen LogP contribution in [0.25, 0.3) is 0 Å². The molecule has 0 aromatic heterocycles. The third-order valence-electron chi connectivity index (χ3n) is 2.87. The number of hydrogen-bond acceptors (Lipinski definition) is 1. The Kier molecular flexibility index (Phi) is 1.85. The smallest absolute Gasteiger partial charge is 0.128 e. The van der Waals surface area contributed by atoms with Gasteiger partial charge >= 0.3 is 0 Å². The fraction of sp³-hybridized carbons (Fsp3) is 0.417. The number of hydrogen-bond donors (Lipinski definition) is 0. The highest BCUT2D eigenvalue weighted by Crippen LogP contribution is 2.49. The highest BCUT2D eigenvalue weighted by Gasteiger charge is 2.47. The van der Waals surface area contributed by atoms with Crippen LogP contribution < -0.4 is 0 Å². The molecule has 2 rings (SSSR count). The Morgan fingerprint density at radius 3 is 2.43 bits per heavy atom. The molecule has 0 amide bonds. The van der Waals surface area contributed by atoms with Crippen LogP contribution in [-0.4, -0.2) is 0 Å². The molecule has 0 heterocycles. The van der Waals surface area contributed by atoms with E-state index in [1.165, 1.54) is 6.07 Å². The minimum Gasteiger partial charge on any atom is -0.207 e. The summed E-state index contributed by atoms with van der Waals surface area (Å²) in [4.78, 5) is 0. The van der Waals surface area contributed by atoms with Crippen molar-refractivity contribution < 1.29 is 4.39 Å². The molecule has 0 spiro atoms. The predicted octanol–water partition coefficient (Wildman–Crippen LogP) is 3.00. The van der Waals surface area contributed by atoms with Crippen molar-refractivity contribution >= 4 is 0 Å². The zero-order chi connectivity index (χ0) is 10.3. The van der Waals surface area contributed by atoms with Gasteiger partial charge in [-0.15, -0.1) is 0 Å². The van der Waals surface area contributed by atoms with Gasteiger partial charge in [0.1, 0.15) is 5.82 Å². The van der Waals surface area contributed by atoms with Crippen LogP contribution in [0.15, 0.2) is 12.1 Å². The van der Waals surface area contributed by atoms with E-state index >= 15 is 0 Å². The van der Waals surface area contributed by atoms with Crippen LogP contribution in [0.3, 0.4) is 0 Å². The lowest BCUT2D eigenvalue weighted by molar-refractivity contribution is 0.595. The highest BCUT2D eigenvalue weighted by atomic mass is 19.1. The predicted molar refractivity (Wildman–Crippen MR) is 52.4 cm³/mol. The first-order valence-electron chi connectivity index (χ1n) is 4.77. The van der Waals surface area contributed by atoms with Gasteiger partial charge in [0.25, 0.3) is 0 Å². The molecule has 1 fully saturated rings. The molecule has 14 heavy (non-hydrogen) atoms. The lowest BCUT2D eigenvalue weighted by atomic mass is 9.91. The summed E-state index contributed by atoms with van der Waals surface area (Å²) in [5.74, 6) is -0.221. The summed E-state index contributed by atoms with van der Waals surface area (Å²) in [7, 11) is 0. The van der Waals surface area contributed by atoms with Crippen molar-refractivity contribution in [3.63, 3.8) is 0 Å². The Hall–Kier alpha value is -1.36. The lowest BCUT2D eigenvalue weighted by Crippen LogP contribution is -2.08. The molecular formula is C12H12FN. The maximum absolute atomic E-state index is 13.7. The summed E-state index contributed by atoms with van der Waals surface area (Å²) >= 11 is 0.